The Morgan fingerprint density at radius 2 is 1.80 bits per heavy atom. The summed E-state index contributed by atoms with van der Waals surface area (Å²) in [5.41, 5.74) is 0.152. The summed E-state index contributed by atoms with van der Waals surface area (Å²) in [6.07, 6.45) is 0. The highest BCUT2D eigenvalue weighted by Crippen LogP contribution is 2.08. The van der Waals surface area contributed by atoms with Crippen molar-refractivity contribution < 1.29 is 13.2 Å². The summed E-state index contributed by atoms with van der Waals surface area (Å²) in [6, 6.07) is 2.96. The van der Waals surface area contributed by atoms with Crippen molar-refractivity contribution in [1.29, 1.82) is 0 Å². The van der Waals surface area contributed by atoms with Crippen molar-refractivity contribution in [2.75, 3.05) is 0 Å². The first-order valence-electron chi connectivity index (χ1n) is 2.74. The van der Waals surface area contributed by atoms with Gasteiger partial charge in [0.1, 0.15) is 6.67 Å². The van der Waals surface area contributed by atoms with Gasteiger partial charge < -0.3 is 0 Å². The lowest BCUT2D eigenvalue weighted by molar-refractivity contribution is 0.472. The van der Waals surface area contributed by atoms with E-state index >= 15 is 0 Å². The summed E-state index contributed by atoms with van der Waals surface area (Å²) < 4.78 is 36.1. The van der Waals surface area contributed by atoms with E-state index in [4.69, 9.17) is 0 Å². The van der Waals surface area contributed by atoms with Gasteiger partial charge in [0, 0.05) is 0 Å². The third-order valence-corrected chi connectivity index (χ3v) is 1.14. The SMILES string of the molecule is FCc1ccc(F)c(F)c1. The number of rotatable bonds is 1. The van der Waals surface area contributed by atoms with Gasteiger partial charge in [-0.05, 0) is 17.7 Å². The zero-order chi connectivity index (χ0) is 7.56. The maximum absolute atomic E-state index is 12.2. The molecule has 0 spiro atoms. The number of hydrogen-bond donors (Lipinski definition) is 0. The van der Waals surface area contributed by atoms with Crippen LogP contribution in [-0.4, -0.2) is 0 Å². The molecule has 0 atom stereocenters. The van der Waals surface area contributed by atoms with Gasteiger partial charge in [0.15, 0.2) is 11.6 Å². The smallest absolute Gasteiger partial charge is 0.159 e. The Bertz CT molecular complexity index is 232. The summed E-state index contributed by atoms with van der Waals surface area (Å²) in [6.45, 7) is -0.767. The Labute approximate surface area is 56.3 Å². The number of hydrogen-bond acceptors (Lipinski definition) is 0. The second-order valence-electron chi connectivity index (χ2n) is 1.88. The van der Waals surface area contributed by atoms with Gasteiger partial charge in [-0.25, -0.2) is 13.2 Å². The minimum absolute atomic E-state index is 0.152. The first kappa shape index (κ1) is 7.12. The third kappa shape index (κ3) is 1.29. The van der Waals surface area contributed by atoms with E-state index < -0.39 is 18.3 Å². The van der Waals surface area contributed by atoms with E-state index in [2.05, 4.69) is 0 Å². The molecule has 0 aliphatic rings. The van der Waals surface area contributed by atoms with Crippen LogP contribution in [0.4, 0.5) is 13.2 Å². The van der Waals surface area contributed by atoms with Crippen LogP contribution in [0.5, 0.6) is 0 Å². The third-order valence-electron chi connectivity index (χ3n) is 1.14. The lowest BCUT2D eigenvalue weighted by Crippen LogP contribution is -1.85. The summed E-state index contributed by atoms with van der Waals surface area (Å²) in [5, 5.41) is 0. The molecule has 0 radical (unpaired) electrons. The summed E-state index contributed by atoms with van der Waals surface area (Å²) in [7, 11) is 0. The summed E-state index contributed by atoms with van der Waals surface area (Å²) >= 11 is 0. The van der Waals surface area contributed by atoms with Crippen LogP contribution in [0, 0.1) is 11.6 Å². The molecule has 0 heterocycles. The fourth-order valence-corrected chi connectivity index (χ4v) is 0.623. The molecule has 0 aliphatic carbocycles. The average Bonchev–Trinajstić information content (AvgIpc) is 1.95. The van der Waals surface area contributed by atoms with Crippen LogP contribution in [0.3, 0.4) is 0 Å². The van der Waals surface area contributed by atoms with Crippen molar-refractivity contribution in [3.8, 4) is 0 Å². The predicted octanol–water partition coefficient (Wildman–Crippen LogP) is 2.43. The second kappa shape index (κ2) is 2.73. The van der Waals surface area contributed by atoms with Crippen LogP contribution in [0.15, 0.2) is 18.2 Å². The Hall–Kier alpha value is -0.990. The van der Waals surface area contributed by atoms with Crippen molar-refractivity contribution in [1.82, 2.24) is 0 Å². The van der Waals surface area contributed by atoms with Crippen LogP contribution in [0.2, 0.25) is 0 Å². The molecule has 0 aromatic heterocycles. The lowest BCUT2D eigenvalue weighted by Gasteiger charge is -1.93. The fraction of sp³-hybridized carbons (Fsp3) is 0.143. The molecular formula is C7H5F3. The Morgan fingerprint density at radius 1 is 1.10 bits per heavy atom. The van der Waals surface area contributed by atoms with Crippen molar-refractivity contribution >= 4 is 0 Å². The first-order chi connectivity index (χ1) is 4.74. The first-order valence-corrected chi connectivity index (χ1v) is 2.74. The lowest BCUT2D eigenvalue weighted by atomic mass is 10.2. The van der Waals surface area contributed by atoms with Gasteiger partial charge in [0.25, 0.3) is 0 Å². The molecule has 0 unspecified atom stereocenters. The van der Waals surface area contributed by atoms with Gasteiger partial charge in [0.2, 0.25) is 0 Å². The van der Waals surface area contributed by atoms with Gasteiger partial charge in [-0.15, -0.1) is 0 Å². The van der Waals surface area contributed by atoms with Crippen LogP contribution in [0.1, 0.15) is 5.56 Å². The molecule has 0 N–H and O–H groups in total. The van der Waals surface area contributed by atoms with E-state index in [1.54, 1.807) is 0 Å². The fourth-order valence-electron chi connectivity index (χ4n) is 0.623. The zero-order valence-electron chi connectivity index (χ0n) is 5.07. The molecule has 54 valence electrons. The van der Waals surface area contributed by atoms with Crippen molar-refractivity contribution in [3.05, 3.63) is 35.4 Å². The topological polar surface area (TPSA) is 0 Å². The quantitative estimate of drug-likeness (QED) is 0.570. The van der Waals surface area contributed by atoms with Crippen molar-refractivity contribution in [2.24, 2.45) is 0 Å². The maximum atomic E-state index is 12.2. The molecule has 10 heavy (non-hydrogen) atoms. The second-order valence-corrected chi connectivity index (χ2v) is 1.88. The van der Waals surface area contributed by atoms with E-state index in [1.807, 2.05) is 0 Å². The predicted molar refractivity (Wildman–Crippen MR) is 31.2 cm³/mol. The molecule has 0 fully saturated rings. The van der Waals surface area contributed by atoms with E-state index in [1.165, 1.54) is 6.07 Å². The van der Waals surface area contributed by atoms with Gasteiger partial charge in [0.05, 0.1) is 0 Å². The zero-order valence-corrected chi connectivity index (χ0v) is 5.07. The Morgan fingerprint density at radius 3 is 2.30 bits per heavy atom. The van der Waals surface area contributed by atoms with Crippen LogP contribution in [0.25, 0.3) is 0 Å². The molecule has 0 saturated carbocycles. The highest BCUT2D eigenvalue weighted by molar-refractivity contribution is 5.16. The maximum Gasteiger partial charge on any atom is 0.159 e. The number of halogens is 3. The standard InChI is InChI=1S/C7H5F3/c8-4-5-1-2-6(9)7(10)3-5/h1-3H,4H2. The highest BCUT2D eigenvalue weighted by Gasteiger charge is 2.00. The summed E-state index contributed by atoms with van der Waals surface area (Å²) in [4.78, 5) is 0. The van der Waals surface area contributed by atoms with E-state index in [9.17, 15) is 13.2 Å². The normalized spacial score (nSPS) is 9.90. The largest absolute Gasteiger partial charge is 0.246 e. The van der Waals surface area contributed by atoms with Gasteiger partial charge in [-0.2, -0.15) is 0 Å². The molecule has 0 aliphatic heterocycles. The van der Waals surface area contributed by atoms with Crippen LogP contribution >= 0.6 is 0 Å². The Kier molecular flexibility index (Phi) is 1.94. The molecule has 1 aromatic carbocycles. The highest BCUT2D eigenvalue weighted by atomic mass is 19.2. The minimum Gasteiger partial charge on any atom is -0.246 e. The molecule has 1 rings (SSSR count). The average molecular weight is 146 g/mol. The molecule has 1 aromatic rings. The van der Waals surface area contributed by atoms with E-state index in [0.29, 0.717) is 0 Å². The number of alkyl halides is 1. The van der Waals surface area contributed by atoms with Crippen LogP contribution < -0.4 is 0 Å². The van der Waals surface area contributed by atoms with Gasteiger partial charge in [-0.3, -0.25) is 0 Å². The van der Waals surface area contributed by atoms with Crippen molar-refractivity contribution in [2.45, 2.75) is 6.67 Å². The van der Waals surface area contributed by atoms with E-state index in [0.717, 1.165) is 12.1 Å². The monoisotopic (exact) mass is 146 g/mol. The van der Waals surface area contributed by atoms with Crippen LogP contribution in [-0.2, 0) is 6.67 Å². The molecule has 0 saturated heterocycles. The molecule has 0 nitrogen and oxygen atoms in total. The minimum atomic E-state index is -1.00. The molecule has 3 heteroatoms. The van der Waals surface area contributed by atoms with Gasteiger partial charge in [-0.1, -0.05) is 6.07 Å². The Balaban J connectivity index is 3.04. The number of benzene rings is 1. The van der Waals surface area contributed by atoms with Crippen molar-refractivity contribution in [3.63, 3.8) is 0 Å². The molecular weight excluding hydrogens is 141 g/mol. The van der Waals surface area contributed by atoms with E-state index in [-0.39, 0.29) is 5.56 Å². The summed E-state index contributed by atoms with van der Waals surface area (Å²) in [5.74, 6) is -1.95. The molecule has 0 bridgehead atoms. The molecule has 0 amide bonds. The van der Waals surface area contributed by atoms with Gasteiger partial charge >= 0.3 is 0 Å².